The first-order valence-electron chi connectivity index (χ1n) is 8.92. The zero-order valence-electron chi connectivity index (χ0n) is 16.1. The molecule has 2 aromatic rings. The molecule has 0 bridgehead atoms. The monoisotopic (exact) mass is 453 g/mol. The van der Waals surface area contributed by atoms with Crippen LogP contribution in [-0.2, 0) is 19.1 Å². The molecule has 0 unspecified atom stereocenters. The Morgan fingerprint density at radius 1 is 0.897 bits per heavy atom. The Bertz CT molecular complexity index is 993. The van der Waals surface area contributed by atoms with E-state index < -0.39 is 26.9 Å². The summed E-state index contributed by atoms with van der Waals surface area (Å²) in [5.41, 5.74) is 1.12. The van der Waals surface area contributed by atoms with E-state index in [1.165, 1.54) is 0 Å². The van der Waals surface area contributed by atoms with Gasteiger partial charge >= 0.3 is 176 Å². The Hall–Kier alpha value is -3.31. The summed E-state index contributed by atoms with van der Waals surface area (Å²) in [5, 5.41) is 8.90. The van der Waals surface area contributed by atoms with E-state index in [1.54, 1.807) is 38.1 Å². The van der Waals surface area contributed by atoms with E-state index in [1.807, 2.05) is 36.4 Å². The summed E-state index contributed by atoms with van der Waals surface area (Å²) >= 11 is -0.491. The van der Waals surface area contributed by atoms with Gasteiger partial charge in [-0.05, 0) is 0 Å². The van der Waals surface area contributed by atoms with E-state index in [-0.39, 0.29) is 23.3 Å². The van der Waals surface area contributed by atoms with Crippen LogP contribution in [0.25, 0.3) is 0 Å². The van der Waals surface area contributed by atoms with Crippen LogP contribution in [0.15, 0.2) is 64.6 Å². The number of benzene rings is 2. The molecule has 0 N–H and O–H groups in total. The first kappa shape index (κ1) is 22.0. The van der Waals surface area contributed by atoms with Crippen molar-refractivity contribution < 1.29 is 19.1 Å². The molecule has 2 rings (SSSR count). The van der Waals surface area contributed by atoms with Crippen LogP contribution in [0.1, 0.15) is 25.0 Å². The second kappa shape index (κ2) is 11.5. The van der Waals surface area contributed by atoms with Crippen molar-refractivity contribution in [3.05, 3.63) is 75.8 Å². The average molecular weight is 452 g/mol. The molecule has 2 aromatic carbocycles. The van der Waals surface area contributed by atoms with Gasteiger partial charge in [-0.15, -0.1) is 0 Å². The first-order chi connectivity index (χ1) is 14.1. The Morgan fingerprint density at radius 3 is 2.07 bits per heavy atom. The molecule has 0 saturated heterocycles. The number of carbonyl (C=O) groups excluding carboxylic acids is 2. The SMILES string of the molecule is CCOC(=O)/C(C#Cc1ccc(C#N)cc1)=C(/[Se]c1ccccc1)C(=O)OCC. The standard InChI is InChI=1S/C23H19NO4Se/c1-3-27-22(25)20(15-14-17-10-12-18(16-24)13-11-17)21(23(26)28-4-2)29-19-8-6-5-7-9-19/h5-13H,3-4H2,1-2H3/b21-20+. The molecule has 0 fully saturated rings. The van der Waals surface area contributed by atoms with Gasteiger partial charge in [-0.1, -0.05) is 0 Å². The molecule has 0 aliphatic heterocycles. The fraction of sp³-hybridized carbons (Fsp3) is 0.174. The van der Waals surface area contributed by atoms with Crippen LogP contribution in [0, 0.1) is 23.2 Å². The summed E-state index contributed by atoms with van der Waals surface area (Å²) in [5.74, 6) is 4.45. The third-order valence-corrected chi connectivity index (χ3v) is 5.75. The number of hydrogen-bond donors (Lipinski definition) is 0. The summed E-state index contributed by atoms with van der Waals surface area (Å²) in [6.45, 7) is 3.75. The van der Waals surface area contributed by atoms with Gasteiger partial charge < -0.3 is 0 Å². The number of ether oxygens (including phenoxy) is 2. The molecule has 6 heteroatoms. The van der Waals surface area contributed by atoms with Gasteiger partial charge in [-0.3, -0.25) is 0 Å². The number of esters is 2. The fourth-order valence-electron chi connectivity index (χ4n) is 2.16. The number of carbonyl (C=O) groups is 2. The van der Waals surface area contributed by atoms with Crippen molar-refractivity contribution in [2.45, 2.75) is 13.8 Å². The van der Waals surface area contributed by atoms with E-state index >= 15 is 0 Å². The Labute approximate surface area is 176 Å². The number of nitriles is 1. The van der Waals surface area contributed by atoms with Crippen molar-refractivity contribution in [3.63, 3.8) is 0 Å². The minimum atomic E-state index is -0.658. The van der Waals surface area contributed by atoms with Crippen LogP contribution in [0.2, 0.25) is 0 Å². The molecule has 0 radical (unpaired) electrons. The third-order valence-electron chi connectivity index (χ3n) is 3.48. The minimum absolute atomic E-state index is 0.00138. The molecule has 0 aliphatic carbocycles. The fourth-order valence-corrected chi connectivity index (χ4v) is 4.07. The molecule has 29 heavy (non-hydrogen) atoms. The van der Waals surface area contributed by atoms with Crippen molar-refractivity contribution in [3.8, 4) is 17.9 Å². The van der Waals surface area contributed by atoms with Crippen molar-refractivity contribution >= 4 is 31.4 Å². The van der Waals surface area contributed by atoms with Gasteiger partial charge in [0.25, 0.3) is 0 Å². The molecular formula is C23H19NO4Se. The number of rotatable bonds is 6. The molecule has 0 saturated carbocycles. The van der Waals surface area contributed by atoms with Crippen molar-refractivity contribution in [2.75, 3.05) is 13.2 Å². The molecule has 5 nitrogen and oxygen atoms in total. The molecule has 0 amide bonds. The zero-order valence-corrected chi connectivity index (χ0v) is 17.8. The maximum absolute atomic E-state index is 12.6. The number of hydrogen-bond acceptors (Lipinski definition) is 5. The second-order valence-corrected chi connectivity index (χ2v) is 7.77. The Kier molecular flexibility index (Phi) is 8.73. The van der Waals surface area contributed by atoms with Crippen molar-refractivity contribution in [1.82, 2.24) is 0 Å². The Balaban J connectivity index is 2.54. The van der Waals surface area contributed by atoms with Gasteiger partial charge in [0, 0.05) is 0 Å². The van der Waals surface area contributed by atoms with E-state index in [4.69, 9.17) is 14.7 Å². The van der Waals surface area contributed by atoms with Crippen LogP contribution >= 0.6 is 0 Å². The number of nitrogens with zero attached hydrogens (tertiary/aromatic N) is 1. The van der Waals surface area contributed by atoms with E-state index in [0.717, 1.165) is 4.46 Å². The maximum atomic E-state index is 12.6. The summed E-state index contributed by atoms with van der Waals surface area (Å²) < 4.78 is 11.4. The first-order valence-corrected chi connectivity index (χ1v) is 10.6. The van der Waals surface area contributed by atoms with Crippen molar-refractivity contribution in [2.24, 2.45) is 0 Å². The predicted molar refractivity (Wildman–Crippen MR) is 110 cm³/mol. The van der Waals surface area contributed by atoms with Gasteiger partial charge in [0.2, 0.25) is 0 Å². The quantitative estimate of drug-likeness (QED) is 0.291. The second-order valence-electron chi connectivity index (χ2n) is 5.50. The van der Waals surface area contributed by atoms with E-state index in [2.05, 4.69) is 11.8 Å². The summed E-state index contributed by atoms with van der Waals surface area (Å²) in [6, 6.07) is 18.1. The molecule has 0 spiro atoms. The van der Waals surface area contributed by atoms with Crippen LogP contribution in [-0.4, -0.2) is 40.1 Å². The van der Waals surface area contributed by atoms with E-state index in [0.29, 0.717) is 11.1 Å². The summed E-state index contributed by atoms with van der Waals surface area (Å²) in [4.78, 5) is 25.2. The third kappa shape index (κ3) is 6.66. The summed E-state index contributed by atoms with van der Waals surface area (Å²) in [7, 11) is 0. The van der Waals surface area contributed by atoms with Crippen LogP contribution in [0.4, 0.5) is 0 Å². The molecule has 0 aliphatic rings. The van der Waals surface area contributed by atoms with Gasteiger partial charge in [0.15, 0.2) is 0 Å². The summed E-state index contributed by atoms with van der Waals surface area (Å²) in [6.07, 6.45) is 0. The average Bonchev–Trinajstić information content (AvgIpc) is 2.74. The van der Waals surface area contributed by atoms with E-state index in [9.17, 15) is 9.59 Å². The molecule has 0 heterocycles. The molecule has 146 valence electrons. The zero-order chi connectivity index (χ0) is 21.1. The van der Waals surface area contributed by atoms with Gasteiger partial charge in [0.1, 0.15) is 0 Å². The van der Waals surface area contributed by atoms with Gasteiger partial charge in [-0.25, -0.2) is 0 Å². The van der Waals surface area contributed by atoms with Crippen LogP contribution < -0.4 is 4.46 Å². The normalized spacial score (nSPS) is 10.7. The Morgan fingerprint density at radius 2 is 1.48 bits per heavy atom. The van der Waals surface area contributed by atoms with Crippen LogP contribution in [0.3, 0.4) is 0 Å². The molecule has 0 aromatic heterocycles. The van der Waals surface area contributed by atoms with Gasteiger partial charge in [0.05, 0.1) is 0 Å². The van der Waals surface area contributed by atoms with Crippen molar-refractivity contribution in [1.29, 1.82) is 5.26 Å². The molecule has 0 atom stereocenters. The van der Waals surface area contributed by atoms with Crippen LogP contribution in [0.5, 0.6) is 0 Å². The molecular weight excluding hydrogens is 433 g/mol. The van der Waals surface area contributed by atoms with Gasteiger partial charge in [-0.2, -0.15) is 0 Å². The predicted octanol–water partition coefficient (Wildman–Crippen LogP) is 2.32. The topological polar surface area (TPSA) is 76.4 Å².